The third kappa shape index (κ3) is 5.83. The van der Waals surface area contributed by atoms with Crippen LogP contribution in [0.3, 0.4) is 0 Å². The van der Waals surface area contributed by atoms with E-state index in [1.54, 1.807) is 39.0 Å². The van der Waals surface area contributed by atoms with Gasteiger partial charge in [-0.05, 0) is 0 Å². The molecule has 0 saturated carbocycles. The molecule has 0 fully saturated rings. The average Bonchev–Trinajstić information content (AvgIpc) is 2.60. The van der Waals surface area contributed by atoms with Gasteiger partial charge in [0, 0.05) is 0 Å². The third-order valence-corrected chi connectivity index (χ3v) is 9.84. The summed E-state index contributed by atoms with van der Waals surface area (Å²) in [5, 5.41) is 11.9. The van der Waals surface area contributed by atoms with Crippen LogP contribution in [-0.2, 0) is 4.74 Å². The summed E-state index contributed by atoms with van der Waals surface area (Å²) in [5.41, 5.74) is 0.664. The van der Waals surface area contributed by atoms with Gasteiger partial charge in [-0.2, -0.15) is 0 Å². The molecule has 0 aliphatic rings. The fraction of sp³-hybridized carbons (Fsp3) is 0.318. The summed E-state index contributed by atoms with van der Waals surface area (Å²) in [4.78, 5) is 32.2. The normalized spacial score (nSPS) is 11.5. The van der Waals surface area contributed by atoms with E-state index in [1.165, 1.54) is 9.65 Å². The van der Waals surface area contributed by atoms with Crippen molar-refractivity contribution >= 4 is 39.5 Å². The van der Waals surface area contributed by atoms with Crippen molar-refractivity contribution in [3.05, 3.63) is 59.2 Å². The first kappa shape index (κ1) is 22.0. The molecule has 0 spiro atoms. The van der Waals surface area contributed by atoms with Crippen LogP contribution in [0.4, 0.5) is 5.69 Å². The standard InChI is InChI=1S/C19H17N2O3.3CH3.Sn/c1-19(2,3)24-18(23)15-11-13(12-20)9-10-16(15)21-17(22)14-7-5-4-6-8-14;;;;/h4-5,7-11H,1-3H3,(H,21,22);3*1H3;. The molecular weight excluding hydrogens is 459 g/mol. The number of nitriles is 1. The zero-order valence-electron chi connectivity index (χ0n) is 17.2. The summed E-state index contributed by atoms with van der Waals surface area (Å²) in [6.45, 7) is 5.30. The molecule has 0 aliphatic heterocycles. The number of benzene rings is 2. The van der Waals surface area contributed by atoms with Gasteiger partial charge in [-0.25, -0.2) is 0 Å². The molecule has 6 heteroatoms. The summed E-state index contributed by atoms with van der Waals surface area (Å²) < 4.78 is 6.67. The van der Waals surface area contributed by atoms with Crippen molar-refractivity contribution in [1.82, 2.24) is 0 Å². The fourth-order valence-electron chi connectivity index (χ4n) is 2.55. The average molecular weight is 485 g/mol. The van der Waals surface area contributed by atoms with Gasteiger partial charge in [0.2, 0.25) is 0 Å². The maximum absolute atomic E-state index is 12.8. The van der Waals surface area contributed by atoms with Crippen molar-refractivity contribution in [2.75, 3.05) is 5.32 Å². The second-order valence-electron chi connectivity index (χ2n) is 8.66. The van der Waals surface area contributed by atoms with E-state index in [9.17, 15) is 9.59 Å². The van der Waals surface area contributed by atoms with Crippen molar-refractivity contribution in [2.24, 2.45) is 0 Å². The van der Waals surface area contributed by atoms with Gasteiger partial charge in [-0.3, -0.25) is 0 Å². The third-order valence-electron chi connectivity index (χ3n) is 4.01. The van der Waals surface area contributed by atoms with Crippen molar-refractivity contribution < 1.29 is 14.3 Å². The van der Waals surface area contributed by atoms with E-state index < -0.39 is 29.9 Å². The molecule has 0 atom stereocenters. The number of esters is 1. The van der Waals surface area contributed by atoms with E-state index in [2.05, 4.69) is 26.2 Å². The Morgan fingerprint density at radius 3 is 2.32 bits per heavy atom. The van der Waals surface area contributed by atoms with Gasteiger partial charge in [0.25, 0.3) is 0 Å². The molecule has 146 valence electrons. The van der Waals surface area contributed by atoms with Crippen LogP contribution in [0.2, 0.25) is 14.8 Å². The molecule has 2 aromatic carbocycles. The quantitative estimate of drug-likeness (QED) is 0.518. The molecule has 1 amide bonds. The Kier molecular flexibility index (Phi) is 6.55. The van der Waals surface area contributed by atoms with E-state index in [4.69, 9.17) is 10.00 Å². The van der Waals surface area contributed by atoms with E-state index in [-0.39, 0.29) is 11.5 Å². The zero-order chi connectivity index (χ0) is 21.1. The predicted octanol–water partition coefficient (Wildman–Crippen LogP) is 4.31. The Labute approximate surface area is 170 Å². The van der Waals surface area contributed by atoms with Gasteiger partial charge in [0.15, 0.2) is 0 Å². The molecule has 28 heavy (non-hydrogen) atoms. The van der Waals surface area contributed by atoms with Crippen LogP contribution in [0.5, 0.6) is 0 Å². The van der Waals surface area contributed by atoms with Crippen LogP contribution < -0.4 is 8.90 Å². The molecule has 0 unspecified atom stereocenters. The van der Waals surface area contributed by atoms with Crippen molar-refractivity contribution in [2.45, 2.75) is 41.2 Å². The molecular formula is C22H26N2O3Sn. The molecule has 2 aromatic rings. The summed E-state index contributed by atoms with van der Waals surface area (Å²) in [6, 6.07) is 14.2. The van der Waals surface area contributed by atoms with Crippen LogP contribution in [-0.4, -0.2) is 35.9 Å². The molecule has 5 nitrogen and oxygen atoms in total. The molecule has 1 N–H and O–H groups in total. The second kappa shape index (κ2) is 8.36. The molecule has 2 rings (SSSR count). The van der Waals surface area contributed by atoms with Crippen molar-refractivity contribution in [3.63, 3.8) is 0 Å². The van der Waals surface area contributed by atoms with Gasteiger partial charge in [0.05, 0.1) is 0 Å². The molecule has 0 bridgehead atoms. The van der Waals surface area contributed by atoms with Gasteiger partial charge in [0.1, 0.15) is 0 Å². The SMILES string of the molecule is CC(C)(C)OC(=O)c1cc(C#N)ccc1NC(=O)c1ccc[c]([Sn]([CH3])([CH3])[CH3])c1. The summed E-state index contributed by atoms with van der Waals surface area (Å²) in [5.74, 6) is -0.883. The van der Waals surface area contributed by atoms with Crippen LogP contribution in [0.1, 0.15) is 47.1 Å². The number of carbonyl (C=O) groups excluding carboxylic acids is 2. The van der Waals surface area contributed by atoms with Crippen molar-refractivity contribution in [3.8, 4) is 6.07 Å². The maximum atomic E-state index is 12.8. The monoisotopic (exact) mass is 486 g/mol. The Balaban J connectivity index is 2.37. The molecule has 0 radical (unpaired) electrons. The molecule has 0 saturated heterocycles. The predicted molar refractivity (Wildman–Crippen MR) is 114 cm³/mol. The fourth-order valence-corrected chi connectivity index (χ4v) is 5.93. The number of nitrogens with one attached hydrogen (secondary N) is 1. The van der Waals surface area contributed by atoms with E-state index in [1.807, 2.05) is 18.2 Å². The summed E-state index contributed by atoms with van der Waals surface area (Å²) in [7, 11) is 0. The summed E-state index contributed by atoms with van der Waals surface area (Å²) >= 11 is -2.31. The number of rotatable bonds is 4. The van der Waals surface area contributed by atoms with Crippen LogP contribution in [0, 0.1) is 11.3 Å². The number of ether oxygens (including phenoxy) is 1. The van der Waals surface area contributed by atoms with Crippen LogP contribution >= 0.6 is 0 Å². The Hall–Kier alpha value is -2.33. The minimum absolute atomic E-state index is 0.161. The number of hydrogen-bond acceptors (Lipinski definition) is 4. The first-order valence-corrected chi connectivity index (χ1v) is 19.1. The Morgan fingerprint density at radius 1 is 1.07 bits per heavy atom. The minimum atomic E-state index is -2.31. The Bertz CT molecular complexity index is 947. The van der Waals surface area contributed by atoms with Gasteiger partial charge < -0.3 is 0 Å². The number of nitrogens with zero attached hydrogens (tertiary/aromatic N) is 1. The van der Waals surface area contributed by atoms with Crippen molar-refractivity contribution in [1.29, 1.82) is 5.26 Å². The van der Waals surface area contributed by atoms with Gasteiger partial charge in [-0.1, -0.05) is 0 Å². The van der Waals surface area contributed by atoms with Crippen LogP contribution in [0.25, 0.3) is 0 Å². The Morgan fingerprint density at radius 2 is 1.75 bits per heavy atom. The first-order chi connectivity index (χ1) is 12.9. The summed E-state index contributed by atoms with van der Waals surface area (Å²) in [6.07, 6.45) is 0. The van der Waals surface area contributed by atoms with E-state index in [0.717, 1.165) is 0 Å². The van der Waals surface area contributed by atoms with Gasteiger partial charge in [-0.15, -0.1) is 0 Å². The van der Waals surface area contributed by atoms with E-state index >= 15 is 0 Å². The van der Waals surface area contributed by atoms with E-state index in [0.29, 0.717) is 16.8 Å². The second-order valence-corrected chi connectivity index (χ2v) is 23.2. The molecule has 0 heterocycles. The number of carbonyl (C=O) groups is 2. The molecule has 0 aliphatic carbocycles. The molecule has 0 aromatic heterocycles. The number of amides is 1. The number of anilines is 1. The zero-order valence-corrected chi connectivity index (χ0v) is 20.1. The number of hydrogen-bond donors (Lipinski definition) is 1. The first-order valence-electron chi connectivity index (χ1n) is 9.10. The topological polar surface area (TPSA) is 79.2 Å². The van der Waals surface area contributed by atoms with Gasteiger partial charge >= 0.3 is 171 Å². The van der Waals surface area contributed by atoms with Crippen LogP contribution in [0.15, 0.2) is 42.5 Å².